The molecule has 0 atom stereocenters. The summed E-state index contributed by atoms with van der Waals surface area (Å²) in [6.07, 6.45) is 1.78. The van der Waals surface area contributed by atoms with Gasteiger partial charge in [0.2, 0.25) is 5.91 Å². The van der Waals surface area contributed by atoms with Gasteiger partial charge in [-0.3, -0.25) is 9.59 Å². The van der Waals surface area contributed by atoms with Crippen molar-refractivity contribution in [1.29, 1.82) is 0 Å². The first kappa shape index (κ1) is 12.6. The summed E-state index contributed by atoms with van der Waals surface area (Å²) in [5.41, 5.74) is 7.12. The smallest absolute Gasteiger partial charge is 0.269 e. The molecule has 0 aromatic carbocycles. The number of nitrogens with zero attached hydrogens (tertiary/aromatic N) is 1. The monoisotopic (exact) mass is 251 g/mol. The number of aromatic nitrogens is 2. The number of anilines is 1. The van der Waals surface area contributed by atoms with Gasteiger partial charge in [-0.05, 0) is 12.8 Å². The minimum atomic E-state index is -0.177. The summed E-state index contributed by atoms with van der Waals surface area (Å²) < 4.78 is 0. The zero-order valence-corrected chi connectivity index (χ0v) is 10.1. The largest absolute Gasteiger partial charge is 0.383 e. The molecule has 1 aromatic rings. The van der Waals surface area contributed by atoms with Crippen LogP contribution in [0.25, 0.3) is 0 Å². The van der Waals surface area contributed by atoms with Crippen LogP contribution in [0.3, 0.4) is 0 Å². The van der Waals surface area contributed by atoms with E-state index in [1.165, 1.54) is 0 Å². The average Bonchev–Trinajstić information content (AvgIpc) is 2.40. The highest BCUT2D eigenvalue weighted by atomic mass is 16.1. The summed E-state index contributed by atoms with van der Waals surface area (Å²) in [6, 6.07) is 0. The summed E-state index contributed by atoms with van der Waals surface area (Å²) in [5, 5.41) is 12.2. The van der Waals surface area contributed by atoms with Crippen molar-refractivity contribution < 1.29 is 4.79 Å². The fourth-order valence-electron chi connectivity index (χ4n) is 2.01. The zero-order valence-electron chi connectivity index (χ0n) is 10.1. The van der Waals surface area contributed by atoms with Gasteiger partial charge in [0.05, 0.1) is 17.8 Å². The molecular weight excluding hydrogens is 234 g/mol. The number of rotatable bonds is 4. The van der Waals surface area contributed by atoms with Gasteiger partial charge in [0.15, 0.2) is 0 Å². The Hall–Kier alpha value is -1.89. The lowest BCUT2D eigenvalue weighted by Gasteiger charge is -2.19. The Balaban J connectivity index is 2.18. The molecule has 0 saturated heterocycles. The van der Waals surface area contributed by atoms with E-state index < -0.39 is 0 Å². The maximum Gasteiger partial charge on any atom is 0.269 e. The van der Waals surface area contributed by atoms with Crippen LogP contribution in [-0.4, -0.2) is 35.7 Å². The second-order valence-electron chi connectivity index (χ2n) is 4.20. The molecule has 1 amide bonds. The van der Waals surface area contributed by atoms with Crippen molar-refractivity contribution in [3.05, 3.63) is 21.6 Å². The predicted molar refractivity (Wildman–Crippen MR) is 67.4 cm³/mol. The van der Waals surface area contributed by atoms with Crippen molar-refractivity contribution in [3.8, 4) is 0 Å². The first-order valence-corrected chi connectivity index (χ1v) is 6.03. The molecule has 18 heavy (non-hydrogen) atoms. The average molecular weight is 251 g/mol. The van der Waals surface area contributed by atoms with E-state index in [4.69, 9.17) is 5.73 Å². The third-order valence-corrected chi connectivity index (χ3v) is 2.86. The van der Waals surface area contributed by atoms with Crippen molar-refractivity contribution in [2.45, 2.75) is 19.3 Å². The van der Waals surface area contributed by atoms with Gasteiger partial charge in [-0.2, -0.15) is 5.10 Å². The molecule has 1 aromatic heterocycles. The number of nitrogens with one attached hydrogen (secondary N) is 3. The summed E-state index contributed by atoms with van der Waals surface area (Å²) in [4.78, 5) is 23.2. The van der Waals surface area contributed by atoms with Gasteiger partial charge in [-0.1, -0.05) is 0 Å². The number of aromatic amines is 1. The summed E-state index contributed by atoms with van der Waals surface area (Å²) in [5.74, 6) is -0.144. The van der Waals surface area contributed by atoms with Crippen LogP contribution in [0.2, 0.25) is 0 Å². The standard InChI is InChI=1S/C11H17N5O2/c12-3-5-13-9(17)6-8-10-7(2-1-4-14-10)11(18)16-15-8/h14H,1-6,12H2,(H,13,17)(H,16,18). The van der Waals surface area contributed by atoms with Crippen LogP contribution < -0.4 is 21.9 Å². The molecule has 2 heterocycles. The van der Waals surface area contributed by atoms with Crippen molar-refractivity contribution in [3.63, 3.8) is 0 Å². The first-order valence-electron chi connectivity index (χ1n) is 6.03. The van der Waals surface area contributed by atoms with Crippen molar-refractivity contribution >= 4 is 11.6 Å². The second-order valence-corrected chi connectivity index (χ2v) is 4.20. The minimum absolute atomic E-state index is 0.144. The third-order valence-electron chi connectivity index (χ3n) is 2.86. The zero-order chi connectivity index (χ0) is 13.0. The molecule has 2 rings (SSSR count). The van der Waals surface area contributed by atoms with Gasteiger partial charge >= 0.3 is 0 Å². The van der Waals surface area contributed by atoms with E-state index in [-0.39, 0.29) is 17.9 Å². The van der Waals surface area contributed by atoms with E-state index >= 15 is 0 Å². The number of nitrogens with two attached hydrogens (primary N) is 1. The molecule has 0 saturated carbocycles. The molecule has 0 spiro atoms. The maximum absolute atomic E-state index is 11.6. The maximum atomic E-state index is 11.6. The van der Waals surface area contributed by atoms with Gasteiger partial charge < -0.3 is 16.4 Å². The molecule has 0 fully saturated rings. The van der Waals surface area contributed by atoms with E-state index in [0.29, 0.717) is 30.0 Å². The number of carbonyl (C=O) groups is 1. The lowest BCUT2D eigenvalue weighted by atomic mass is 10.0. The lowest BCUT2D eigenvalue weighted by molar-refractivity contribution is -0.120. The fraction of sp³-hybridized carbons (Fsp3) is 0.545. The van der Waals surface area contributed by atoms with Crippen LogP contribution >= 0.6 is 0 Å². The Bertz CT molecular complexity index is 497. The SMILES string of the molecule is NCCNC(=O)Cc1n[nH]c(=O)c2c1NCCC2. The molecule has 0 radical (unpaired) electrons. The summed E-state index contributed by atoms with van der Waals surface area (Å²) in [6.45, 7) is 1.65. The van der Waals surface area contributed by atoms with Crippen LogP contribution in [0.4, 0.5) is 5.69 Å². The number of hydrogen-bond donors (Lipinski definition) is 4. The van der Waals surface area contributed by atoms with E-state index in [1.807, 2.05) is 0 Å². The highest BCUT2D eigenvalue weighted by Gasteiger charge is 2.18. The Morgan fingerprint density at radius 3 is 3.11 bits per heavy atom. The van der Waals surface area contributed by atoms with Crippen LogP contribution in [0, 0.1) is 0 Å². The third kappa shape index (κ3) is 2.67. The van der Waals surface area contributed by atoms with Gasteiger partial charge in [0, 0.05) is 25.2 Å². The van der Waals surface area contributed by atoms with Gasteiger partial charge in [-0.15, -0.1) is 0 Å². The number of H-pyrrole nitrogens is 1. The van der Waals surface area contributed by atoms with E-state index in [2.05, 4.69) is 20.8 Å². The molecule has 0 aliphatic carbocycles. The minimum Gasteiger partial charge on any atom is -0.383 e. The number of hydrogen-bond acceptors (Lipinski definition) is 5. The van der Waals surface area contributed by atoms with Crippen LogP contribution in [0.1, 0.15) is 17.7 Å². The van der Waals surface area contributed by atoms with E-state index in [1.54, 1.807) is 0 Å². The normalized spacial score (nSPS) is 13.6. The molecule has 1 aliphatic rings. The van der Waals surface area contributed by atoms with Gasteiger partial charge in [0.1, 0.15) is 0 Å². The lowest BCUT2D eigenvalue weighted by Crippen LogP contribution is -2.32. The number of carbonyl (C=O) groups excluding carboxylic acids is 1. The van der Waals surface area contributed by atoms with Crippen molar-refractivity contribution in [2.24, 2.45) is 5.73 Å². The van der Waals surface area contributed by atoms with Crippen LogP contribution in [-0.2, 0) is 17.6 Å². The molecule has 0 bridgehead atoms. The number of fused-ring (bicyclic) bond motifs is 1. The fourth-order valence-corrected chi connectivity index (χ4v) is 2.01. The molecule has 0 unspecified atom stereocenters. The molecule has 7 heteroatoms. The highest BCUT2D eigenvalue weighted by Crippen LogP contribution is 2.21. The Kier molecular flexibility index (Phi) is 3.93. The summed E-state index contributed by atoms with van der Waals surface area (Å²) >= 11 is 0. The molecule has 1 aliphatic heterocycles. The quantitative estimate of drug-likeness (QED) is 0.534. The Morgan fingerprint density at radius 1 is 1.50 bits per heavy atom. The first-order chi connectivity index (χ1) is 8.72. The number of amides is 1. The van der Waals surface area contributed by atoms with Crippen molar-refractivity contribution in [2.75, 3.05) is 25.0 Å². The van der Waals surface area contributed by atoms with Gasteiger partial charge in [0.25, 0.3) is 5.56 Å². The van der Waals surface area contributed by atoms with Crippen LogP contribution in [0.15, 0.2) is 4.79 Å². The predicted octanol–water partition coefficient (Wildman–Crippen LogP) is -1.25. The molecule has 7 nitrogen and oxygen atoms in total. The topological polar surface area (TPSA) is 113 Å². The Morgan fingerprint density at radius 2 is 2.33 bits per heavy atom. The van der Waals surface area contributed by atoms with E-state index in [9.17, 15) is 9.59 Å². The van der Waals surface area contributed by atoms with Gasteiger partial charge in [-0.25, -0.2) is 5.10 Å². The highest BCUT2D eigenvalue weighted by molar-refractivity contribution is 5.80. The molecule has 5 N–H and O–H groups in total. The second kappa shape index (κ2) is 5.63. The molecular formula is C11H17N5O2. The van der Waals surface area contributed by atoms with Crippen molar-refractivity contribution in [1.82, 2.24) is 15.5 Å². The molecule has 98 valence electrons. The van der Waals surface area contributed by atoms with E-state index in [0.717, 1.165) is 19.4 Å². The van der Waals surface area contributed by atoms with Crippen LogP contribution in [0.5, 0.6) is 0 Å². The summed E-state index contributed by atoms with van der Waals surface area (Å²) in [7, 11) is 0. The Labute approximate surface area is 104 Å².